The Balaban J connectivity index is 3.44. The van der Waals surface area contributed by atoms with Gasteiger partial charge in [0, 0.05) is 5.56 Å². The zero-order valence-corrected chi connectivity index (χ0v) is 8.43. The number of hydrogen-bond donors (Lipinski definition) is 1. The molecule has 0 heterocycles. The average molecular weight is 209 g/mol. The van der Waals surface area contributed by atoms with Crippen molar-refractivity contribution >= 4 is 17.6 Å². The van der Waals surface area contributed by atoms with E-state index >= 15 is 0 Å². The monoisotopic (exact) mass is 208 g/mol. The normalized spacial score (nSPS) is 9.50. The number of aryl methyl sites for hydroxylation is 1. The maximum absolute atomic E-state index is 10.8. The SMILES string of the molecule is C#Cc1cc(CC)cc(C(=O)O)c1Cl. The van der Waals surface area contributed by atoms with Crippen LogP contribution in [0, 0.1) is 12.3 Å². The molecule has 0 aliphatic carbocycles. The molecule has 0 fully saturated rings. The summed E-state index contributed by atoms with van der Waals surface area (Å²) in [7, 11) is 0. The summed E-state index contributed by atoms with van der Waals surface area (Å²) in [5, 5.41) is 8.99. The quantitative estimate of drug-likeness (QED) is 0.759. The predicted molar refractivity (Wildman–Crippen MR) is 55.7 cm³/mol. The Morgan fingerprint density at radius 2 is 2.29 bits per heavy atom. The van der Waals surface area contributed by atoms with Gasteiger partial charge in [-0.3, -0.25) is 0 Å². The lowest BCUT2D eigenvalue weighted by atomic mass is 10.0. The fourth-order valence-electron chi connectivity index (χ4n) is 1.15. The van der Waals surface area contributed by atoms with E-state index in [0.29, 0.717) is 5.56 Å². The molecule has 0 saturated carbocycles. The Hall–Kier alpha value is -1.46. The summed E-state index contributed by atoms with van der Waals surface area (Å²) in [6.45, 7) is 1.93. The van der Waals surface area contributed by atoms with Crippen LogP contribution < -0.4 is 0 Å². The van der Waals surface area contributed by atoms with Crippen molar-refractivity contribution in [3.8, 4) is 12.3 Å². The van der Waals surface area contributed by atoms with E-state index < -0.39 is 5.97 Å². The fourth-order valence-corrected chi connectivity index (χ4v) is 1.39. The van der Waals surface area contributed by atoms with E-state index in [4.69, 9.17) is 23.1 Å². The highest BCUT2D eigenvalue weighted by Crippen LogP contribution is 2.23. The van der Waals surface area contributed by atoms with Crippen LogP contribution in [-0.4, -0.2) is 11.1 Å². The molecule has 0 amide bonds. The summed E-state index contributed by atoms with van der Waals surface area (Å²) in [5.41, 5.74) is 1.38. The van der Waals surface area contributed by atoms with Crippen molar-refractivity contribution in [2.24, 2.45) is 0 Å². The molecule has 1 N–H and O–H groups in total. The number of aromatic carboxylic acids is 1. The Bertz CT molecular complexity index is 416. The van der Waals surface area contributed by atoms with E-state index in [-0.39, 0.29) is 10.6 Å². The number of rotatable bonds is 2. The standard InChI is InChI=1S/C11H9ClO2/c1-3-7-5-8(4-2)10(12)9(6-7)11(13)14/h2,5-6H,3H2,1H3,(H,13,14). The van der Waals surface area contributed by atoms with Crippen molar-refractivity contribution in [2.45, 2.75) is 13.3 Å². The van der Waals surface area contributed by atoms with E-state index in [1.165, 1.54) is 0 Å². The number of carboxylic acids is 1. The van der Waals surface area contributed by atoms with Crippen LogP contribution in [0.3, 0.4) is 0 Å². The van der Waals surface area contributed by atoms with Crippen LogP contribution in [0.15, 0.2) is 12.1 Å². The van der Waals surface area contributed by atoms with Gasteiger partial charge in [-0.2, -0.15) is 0 Å². The molecule has 14 heavy (non-hydrogen) atoms. The molecule has 72 valence electrons. The summed E-state index contributed by atoms with van der Waals surface area (Å²) in [4.78, 5) is 10.8. The van der Waals surface area contributed by atoms with E-state index in [2.05, 4.69) is 5.92 Å². The second-order valence-electron chi connectivity index (χ2n) is 2.81. The number of terminal acetylenes is 1. The Morgan fingerprint density at radius 1 is 1.64 bits per heavy atom. The van der Waals surface area contributed by atoms with Crippen LogP contribution in [0.2, 0.25) is 5.02 Å². The highest BCUT2D eigenvalue weighted by atomic mass is 35.5. The minimum absolute atomic E-state index is 0.0685. The first-order valence-corrected chi connectivity index (χ1v) is 4.50. The molecule has 0 aliphatic rings. The van der Waals surface area contributed by atoms with Gasteiger partial charge >= 0.3 is 5.97 Å². The summed E-state index contributed by atoms with van der Waals surface area (Å²) < 4.78 is 0. The number of hydrogen-bond acceptors (Lipinski definition) is 1. The van der Waals surface area contributed by atoms with Gasteiger partial charge in [0.05, 0.1) is 10.6 Å². The highest BCUT2D eigenvalue weighted by molar-refractivity contribution is 6.34. The lowest BCUT2D eigenvalue weighted by Gasteiger charge is -2.05. The third kappa shape index (κ3) is 1.89. The topological polar surface area (TPSA) is 37.3 Å². The van der Waals surface area contributed by atoms with E-state index in [9.17, 15) is 4.79 Å². The van der Waals surface area contributed by atoms with Crippen LogP contribution in [0.5, 0.6) is 0 Å². The maximum Gasteiger partial charge on any atom is 0.337 e. The van der Waals surface area contributed by atoms with Gasteiger partial charge in [-0.1, -0.05) is 24.4 Å². The number of carbonyl (C=O) groups is 1. The van der Waals surface area contributed by atoms with Crippen molar-refractivity contribution in [1.29, 1.82) is 0 Å². The molecule has 1 rings (SSSR count). The largest absolute Gasteiger partial charge is 0.478 e. The number of benzene rings is 1. The van der Waals surface area contributed by atoms with E-state index in [0.717, 1.165) is 12.0 Å². The molecule has 3 heteroatoms. The third-order valence-electron chi connectivity index (χ3n) is 1.93. The molecule has 0 spiro atoms. The van der Waals surface area contributed by atoms with Crippen molar-refractivity contribution < 1.29 is 9.90 Å². The average Bonchev–Trinajstić information content (AvgIpc) is 2.17. The van der Waals surface area contributed by atoms with E-state index in [1.54, 1.807) is 12.1 Å². The molecule has 1 aromatic rings. The fraction of sp³-hybridized carbons (Fsp3) is 0.182. The number of carboxylic acid groups (broad SMARTS) is 1. The molecule has 0 saturated heterocycles. The van der Waals surface area contributed by atoms with Gasteiger partial charge in [-0.15, -0.1) is 6.42 Å². The molecule has 0 aliphatic heterocycles. The van der Waals surface area contributed by atoms with Gasteiger partial charge in [-0.25, -0.2) is 4.79 Å². The predicted octanol–water partition coefficient (Wildman–Crippen LogP) is 2.58. The molecule has 2 nitrogen and oxygen atoms in total. The van der Waals surface area contributed by atoms with Gasteiger partial charge in [0.2, 0.25) is 0 Å². The van der Waals surface area contributed by atoms with Crippen LogP contribution in [-0.2, 0) is 6.42 Å². The van der Waals surface area contributed by atoms with Gasteiger partial charge in [0.25, 0.3) is 0 Å². The van der Waals surface area contributed by atoms with Gasteiger partial charge in [0.1, 0.15) is 0 Å². The van der Waals surface area contributed by atoms with Crippen LogP contribution in [0.4, 0.5) is 0 Å². The number of halogens is 1. The zero-order chi connectivity index (χ0) is 10.7. The Labute approximate surface area is 87.5 Å². The summed E-state index contributed by atoms with van der Waals surface area (Å²) in [6.07, 6.45) is 5.94. The first-order chi connectivity index (χ1) is 6.60. The molecular weight excluding hydrogens is 200 g/mol. The minimum atomic E-state index is -1.05. The Kier molecular flexibility index (Phi) is 3.16. The van der Waals surface area contributed by atoms with Gasteiger partial charge in [-0.05, 0) is 24.1 Å². The Morgan fingerprint density at radius 3 is 2.71 bits per heavy atom. The van der Waals surface area contributed by atoms with Gasteiger partial charge < -0.3 is 5.11 Å². The molecule has 0 aromatic heterocycles. The zero-order valence-electron chi connectivity index (χ0n) is 7.67. The van der Waals surface area contributed by atoms with Crippen molar-refractivity contribution in [3.63, 3.8) is 0 Å². The lowest BCUT2D eigenvalue weighted by Crippen LogP contribution is -2.00. The highest BCUT2D eigenvalue weighted by Gasteiger charge is 2.12. The molecular formula is C11H9ClO2. The van der Waals surface area contributed by atoms with Crippen LogP contribution in [0.25, 0.3) is 0 Å². The summed E-state index contributed by atoms with van der Waals surface area (Å²) in [5.74, 6) is 1.32. The molecule has 0 bridgehead atoms. The third-order valence-corrected chi connectivity index (χ3v) is 2.33. The van der Waals surface area contributed by atoms with E-state index in [1.807, 2.05) is 6.92 Å². The van der Waals surface area contributed by atoms with Crippen LogP contribution >= 0.6 is 11.6 Å². The van der Waals surface area contributed by atoms with Crippen molar-refractivity contribution in [1.82, 2.24) is 0 Å². The summed E-state index contributed by atoms with van der Waals surface area (Å²) in [6, 6.07) is 3.28. The first-order valence-electron chi connectivity index (χ1n) is 4.12. The van der Waals surface area contributed by atoms with Gasteiger partial charge in [0.15, 0.2) is 0 Å². The van der Waals surface area contributed by atoms with Crippen molar-refractivity contribution in [3.05, 3.63) is 33.8 Å². The summed E-state index contributed by atoms with van der Waals surface area (Å²) >= 11 is 5.81. The second-order valence-corrected chi connectivity index (χ2v) is 3.19. The van der Waals surface area contributed by atoms with Crippen molar-refractivity contribution in [2.75, 3.05) is 0 Å². The minimum Gasteiger partial charge on any atom is -0.478 e. The molecule has 1 aromatic carbocycles. The second kappa shape index (κ2) is 4.17. The molecule has 0 unspecified atom stereocenters. The van der Waals surface area contributed by atoms with Crippen LogP contribution in [0.1, 0.15) is 28.4 Å². The molecule has 0 atom stereocenters. The maximum atomic E-state index is 10.8. The smallest absolute Gasteiger partial charge is 0.337 e. The molecule has 0 radical (unpaired) electrons. The lowest BCUT2D eigenvalue weighted by molar-refractivity contribution is 0.0697. The first kappa shape index (κ1) is 10.6.